The van der Waals surface area contributed by atoms with Crippen molar-refractivity contribution in [3.8, 4) is 0 Å². The van der Waals surface area contributed by atoms with Crippen molar-refractivity contribution in [1.29, 1.82) is 0 Å². The van der Waals surface area contributed by atoms with E-state index in [0.29, 0.717) is 10.9 Å². The normalized spacial score (nSPS) is 24.3. The molecule has 0 bridgehead atoms. The third-order valence-corrected chi connectivity index (χ3v) is 4.65. The highest BCUT2D eigenvalue weighted by Gasteiger charge is 2.31. The summed E-state index contributed by atoms with van der Waals surface area (Å²) < 4.78 is 37.5. The minimum absolute atomic E-state index is 0.119. The van der Waals surface area contributed by atoms with Crippen LogP contribution in [-0.2, 0) is 6.18 Å². The molecule has 100 valence electrons. The van der Waals surface area contributed by atoms with E-state index in [1.165, 1.54) is 6.07 Å². The second kappa shape index (κ2) is 5.21. The Hall–Kier alpha value is -0.550. The number of hydrogen-bond donors (Lipinski definition) is 1. The maximum absolute atomic E-state index is 12.5. The molecule has 1 aliphatic rings. The molecule has 2 rings (SSSR count). The number of rotatable bonds is 2. The molecule has 2 unspecified atom stereocenters. The van der Waals surface area contributed by atoms with Crippen molar-refractivity contribution in [3.63, 3.8) is 0 Å². The Morgan fingerprint density at radius 1 is 1.39 bits per heavy atom. The average Bonchev–Trinajstić information content (AvgIpc) is 2.66. The maximum Gasteiger partial charge on any atom is 0.416 e. The van der Waals surface area contributed by atoms with Gasteiger partial charge in [-0.15, -0.1) is 0 Å². The van der Waals surface area contributed by atoms with Gasteiger partial charge in [-0.25, -0.2) is 0 Å². The van der Waals surface area contributed by atoms with Crippen LogP contribution in [0.4, 0.5) is 18.9 Å². The van der Waals surface area contributed by atoms with E-state index in [-0.39, 0.29) is 11.1 Å². The SMILES string of the molecule is CC1SCCC1Nc1ccc(C(F)(F)F)cc1Cl. The molecule has 1 N–H and O–H groups in total. The molecule has 1 saturated heterocycles. The summed E-state index contributed by atoms with van der Waals surface area (Å²) in [6.07, 6.45) is -3.35. The summed E-state index contributed by atoms with van der Waals surface area (Å²) in [5.41, 5.74) is -0.143. The van der Waals surface area contributed by atoms with Crippen LogP contribution in [0, 0.1) is 0 Å². The highest BCUT2D eigenvalue weighted by atomic mass is 35.5. The third kappa shape index (κ3) is 3.06. The lowest BCUT2D eigenvalue weighted by molar-refractivity contribution is -0.137. The average molecular weight is 296 g/mol. The van der Waals surface area contributed by atoms with Gasteiger partial charge in [0.2, 0.25) is 0 Å². The van der Waals surface area contributed by atoms with Crippen LogP contribution in [0.2, 0.25) is 5.02 Å². The van der Waals surface area contributed by atoms with Crippen LogP contribution in [0.15, 0.2) is 18.2 Å². The van der Waals surface area contributed by atoms with Crippen molar-refractivity contribution in [1.82, 2.24) is 0 Å². The molecular weight excluding hydrogens is 283 g/mol. The van der Waals surface area contributed by atoms with Gasteiger partial charge in [-0.05, 0) is 30.4 Å². The van der Waals surface area contributed by atoms with E-state index in [9.17, 15) is 13.2 Å². The van der Waals surface area contributed by atoms with E-state index in [1.54, 1.807) is 0 Å². The summed E-state index contributed by atoms with van der Waals surface area (Å²) in [5, 5.41) is 3.78. The fourth-order valence-electron chi connectivity index (χ4n) is 1.93. The fraction of sp³-hybridized carbons (Fsp3) is 0.500. The second-order valence-corrected chi connectivity index (χ2v) is 6.20. The standard InChI is InChI=1S/C12H13ClF3NS/c1-7-10(4-5-18-7)17-11-3-2-8(6-9(11)13)12(14,15)16/h2-3,6-7,10,17H,4-5H2,1H3. The van der Waals surface area contributed by atoms with Gasteiger partial charge in [0.05, 0.1) is 16.3 Å². The summed E-state index contributed by atoms with van der Waals surface area (Å²) in [6, 6.07) is 3.70. The van der Waals surface area contributed by atoms with Crippen molar-refractivity contribution < 1.29 is 13.2 Å². The quantitative estimate of drug-likeness (QED) is 0.851. The van der Waals surface area contributed by atoms with E-state index in [2.05, 4.69) is 12.2 Å². The predicted octanol–water partition coefficient (Wildman–Crippen LogP) is 4.66. The molecule has 0 amide bonds. The second-order valence-electron chi connectivity index (χ2n) is 4.31. The van der Waals surface area contributed by atoms with E-state index in [1.807, 2.05) is 11.8 Å². The lowest BCUT2D eigenvalue weighted by Gasteiger charge is -2.19. The predicted molar refractivity (Wildman–Crippen MR) is 70.4 cm³/mol. The first-order valence-corrected chi connectivity index (χ1v) is 7.05. The van der Waals surface area contributed by atoms with Gasteiger partial charge in [0.1, 0.15) is 0 Å². The molecule has 0 spiro atoms. The molecule has 6 heteroatoms. The largest absolute Gasteiger partial charge is 0.416 e. The molecule has 1 aliphatic heterocycles. The van der Waals surface area contributed by atoms with Gasteiger partial charge < -0.3 is 5.32 Å². The van der Waals surface area contributed by atoms with E-state index in [0.717, 1.165) is 24.3 Å². The summed E-state index contributed by atoms with van der Waals surface area (Å²) in [6.45, 7) is 2.10. The third-order valence-electron chi connectivity index (χ3n) is 3.01. The zero-order valence-electron chi connectivity index (χ0n) is 9.72. The Morgan fingerprint density at radius 2 is 2.11 bits per heavy atom. The molecule has 1 nitrogen and oxygen atoms in total. The zero-order chi connectivity index (χ0) is 13.3. The number of thioether (sulfide) groups is 1. The number of alkyl halides is 3. The Morgan fingerprint density at radius 3 is 2.61 bits per heavy atom. The summed E-state index contributed by atoms with van der Waals surface area (Å²) >= 11 is 7.74. The summed E-state index contributed by atoms with van der Waals surface area (Å²) in [4.78, 5) is 0. The molecule has 1 aromatic carbocycles. The number of benzene rings is 1. The molecule has 1 aromatic rings. The van der Waals surface area contributed by atoms with Crippen LogP contribution >= 0.6 is 23.4 Å². The van der Waals surface area contributed by atoms with Crippen molar-refractivity contribution >= 4 is 29.1 Å². The topological polar surface area (TPSA) is 12.0 Å². The lowest BCUT2D eigenvalue weighted by atomic mass is 10.1. The Balaban J connectivity index is 2.15. The molecule has 0 saturated carbocycles. The number of hydrogen-bond acceptors (Lipinski definition) is 2. The van der Waals surface area contributed by atoms with Crippen molar-refractivity contribution in [2.24, 2.45) is 0 Å². The van der Waals surface area contributed by atoms with Crippen molar-refractivity contribution in [2.45, 2.75) is 30.8 Å². The highest BCUT2D eigenvalue weighted by molar-refractivity contribution is 8.00. The molecule has 1 fully saturated rings. The Labute approximate surface area is 113 Å². The Kier molecular flexibility index (Phi) is 4.02. The van der Waals surface area contributed by atoms with Crippen LogP contribution in [0.25, 0.3) is 0 Å². The van der Waals surface area contributed by atoms with Crippen LogP contribution < -0.4 is 5.32 Å². The van der Waals surface area contributed by atoms with Gasteiger partial charge in [0, 0.05) is 11.3 Å². The van der Waals surface area contributed by atoms with E-state index in [4.69, 9.17) is 11.6 Å². The first-order chi connectivity index (χ1) is 8.38. The van der Waals surface area contributed by atoms with Crippen LogP contribution in [0.5, 0.6) is 0 Å². The minimum Gasteiger partial charge on any atom is -0.380 e. The molecule has 0 aromatic heterocycles. The van der Waals surface area contributed by atoms with Gasteiger partial charge in [0.25, 0.3) is 0 Å². The van der Waals surface area contributed by atoms with Gasteiger partial charge in [0.15, 0.2) is 0 Å². The maximum atomic E-state index is 12.5. The van der Waals surface area contributed by atoms with Crippen LogP contribution in [0.3, 0.4) is 0 Å². The fourth-order valence-corrected chi connectivity index (χ4v) is 3.36. The smallest absolute Gasteiger partial charge is 0.380 e. The molecule has 0 radical (unpaired) electrons. The number of anilines is 1. The Bertz CT molecular complexity index is 436. The van der Waals surface area contributed by atoms with Gasteiger partial charge in [-0.3, -0.25) is 0 Å². The van der Waals surface area contributed by atoms with E-state index >= 15 is 0 Å². The van der Waals surface area contributed by atoms with E-state index < -0.39 is 11.7 Å². The first-order valence-electron chi connectivity index (χ1n) is 5.63. The van der Waals surface area contributed by atoms with Gasteiger partial charge in [-0.1, -0.05) is 18.5 Å². The van der Waals surface area contributed by atoms with Crippen molar-refractivity contribution in [3.05, 3.63) is 28.8 Å². The van der Waals surface area contributed by atoms with Crippen molar-refractivity contribution in [2.75, 3.05) is 11.1 Å². The van der Waals surface area contributed by atoms with Crippen LogP contribution in [0.1, 0.15) is 18.9 Å². The van der Waals surface area contributed by atoms with Gasteiger partial charge in [-0.2, -0.15) is 24.9 Å². The minimum atomic E-state index is -4.35. The zero-order valence-corrected chi connectivity index (χ0v) is 11.3. The van der Waals surface area contributed by atoms with Crippen LogP contribution in [-0.4, -0.2) is 17.0 Å². The molecule has 1 heterocycles. The molecule has 2 atom stereocenters. The molecule has 0 aliphatic carbocycles. The van der Waals surface area contributed by atoms with Gasteiger partial charge >= 0.3 is 6.18 Å². The number of halogens is 4. The highest BCUT2D eigenvalue weighted by Crippen LogP contribution is 2.35. The first kappa shape index (κ1) is 13.9. The monoisotopic (exact) mass is 295 g/mol. The molecular formula is C12H13ClF3NS. The molecule has 18 heavy (non-hydrogen) atoms. The number of nitrogens with one attached hydrogen (secondary N) is 1. The summed E-state index contributed by atoms with van der Waals surface area (Å²) in [5.74, 6) is 1.07. The summed E-state index contributed by atoms with van der Waals surface area (Å²) in [7, 11) is 0. The lowest BCUT2D eigenvalue weighted by Crippen LogP contribution is -2.24.